The number of benzene rings is 1. The summed E-state index contributed by atoms with van der Waals surface area (Å²) in [6, 6.07) is 6.64. The van der Waals surface area contributed by atoms with Crippen molar-refractivity contribution in [2.45, 2.75) is 13.8 Å². The number of carbonyl (C=O) groups excluding carboxylic acids is 2. The minimum absolute atomic E-state index is 0.156. The molecule has 0 spiro atoms. The first-order valence-electron chi connectivity index (χ1n) is 8.31. The zero-order valence-corrected chi connectivity index (χ0v) is 15.4. The molecule has 2 amide bonds. The van der Waals surface area contributed by atoms with Gasteiger partial charge in [0.05, 0.1) is 31.0 Å². The van der Waals surface area contributed by atoms with Crippen LogP contribution in [0, 0.1) is 0 Å². The number of aromatic nitrogens is 1. The van der Waals surface area contributed by atoms with Crippen LogP contribution in [0.2, 0.25) is 0 Å². The van der Waals surface area contributed by atoms with Gasteiger partial charge in [0.1, 0.15) is 11.5 Å². The van der Waals surface area contributed by atoms with Gasteiger partial charge in [-0.05, 0) is 32.0 Å². The fourth-order valence-corrected chi connectivity index (χ4v) is 2.48. The summed E-state index contributed by atoms with van der Waals surface area (Å²) in [7, 11) is 3.06. The van der Waals surface area contributed by atoms with Crippen LogP contribution in [-0.2, 0) is 0 Å². The summed E-state index contributed by atoms with van der Waals surface area (Å²) in [5, 5.41) is 2.77. The van der Waals surface area contributed by atoms with Crippen molar-refractivity contribution < 1.29 is 19.1 Å². The molecule has 0 saturated heterocycles. The maximum Gasteiger partial charge on any atom is 0.257 e. The fourth-order valence-electron chi connectivity index (χ4n) is 2.48. The predicted molar refractivity (Wildman–Crippen MR) is 99.0 cm³/mol. The summed E-state index contributed by atoms with van der Waals surface area (Å²) >= 11 is 0. The van der Waals surface area contributed by atoms with Crippen LogP contribution in [0.3, 0.4) is 0 Å². The minimum Gasteiger partial charge on any atom is -0.497 e. The molecular weight excluding hydrogens is 334 g/mol. The molecule has 0 bridgehead atoms. The van der Waals surface area contributed by atoms with Gasteiger partial charge in [0.25, 0.3) is 11.8 Å². The molecule has 0 aliphatic rings. The summed E-state index contributed by atoms with van der Waals surface area (Å²) < 4.78 is 10.4. The maximum atomic E-state index is 12.6. The second-order valence-electron chi connectivity index (χ2n) is 5.46. The SMILES string of the molecule is CCN(CC)C(=O)c1cncc(C(=O)Nc2cc(OC)ccc2OC)c1. The number of pyridine rings is 1. The normalized spacial score (nSPS) is 10.2. The van der Waals surface area contributed by atoms with Crippen molar-refractivity contribution in [2.24, 2.45) is 0 Å². The Hall–Kier alpha value is -3.09. The second kappa shape index (κ2) is 8.84. The van der Waals surface area contributed by atoms with E-state index in [4.69, 9.17) is 9.47 Å². The highest BCUT2D eigenvalue weighted by Gasteiger charge is 2.16. The molecule has 1 N–H and O–H groups in total. The van der Waals surface area contributed by atoms with Crippen LogP contribution in [0.4, 0.5) is 5.69 Å². The highest BCUT2D eigenvalue weighted by molar-refractivity contribution is 6.06. The molecule has 138 valence electrons. The number of hydrogen-bond acceptors (Lipinski definition) is 5. The Bertz CT molecular complexity index is 788. The number of carbonyl (C=O) groups is 2. The van der Waals surface area contributed by atoms with E-state index in [1.165, 1.54) is 25.6 Å². The minimum atomic E-state index is -0.391. The summed E-state index contributed by atoms with van der Waals surface area (Å²) in [6.07, 6.45) is 2.88. The Kier molecular flexibility index (Phi) is 6.54. The third-order valence-corrected chi connectivity index (χ3v) is 3.95. The third-order valence-electron chi connectivity index (χ3n) is 3.95. The maximum absolute atomic E-state index is 12.6. The van der Waals surface area contributed by atoms with Gasteiger partial charge in [0.15, 0.2) is 0 Å². The highest BCUT2D eigenvalue weighted by Crippen LogP contribution is 2.29. The number of amides is 2. The van der Waals surface area contributed by atoms with Crippen LogP contribution >= 0.6 is 0 Å². The van der Waals surface area contributed by atoms with E-state index in [-0.39, 0.29) is 11.5 Å². The lowest BCUT2D eigenvalue weighted by Gasteiger charge is -2.18. The Morgan fingerprint density at radius 2 is 1.73 bits per heavy atom. The number of hydrogen-bond donors (Lipinski definition) is 1. The van der Waals surface area contributed by atoms with Gasteiger partial charge in [-0.3, -0.25) is 14.6 Å². The molecule has 7 heteroatoms. The summed E-state index contributed by atoms with van der Waals surface area (Å²) in [5.41, 5.74) is 1.13. The average molecular weight is 357 g/mol. The third kappa shape index (κ3) is 4.30. The van der Waals surface area contributed by atoms with Crippen molar-refractivity contribution >= 4 is 17.5 Å². The van der Waals surface area contributed by atoms with Crippen LogP contribution in [0.1, 0.15) is 34.6 Å². The molecule has 0 atom stereocenters. The number of anilines is 1. The van der Waals surface area contributed by atoms with E-state index in [1.54, 1.807) is 30.2 Å². The highest BCUT2D eigenvalue weighted by atomic mass is 16.5. The number of nitrogens with one attached hydrogen (secondary N) is 1. The molecule has 0 fully saturated rings. The average Bonchev–Trinajstić information content (AvgIpc) is 2.68. The van der Waals surface area contributed by atoms with Crippen molar-refractivity contribution in [1.29, 1.82) is 0 Å². The lowest BCUT2D eigenvalue weighted by molar-refractivity contribution is 0.0772. The van der Waals surface area contributed by atoms with Gasteiger partial charge in [-0.15, -0.1) is 0 Å². The quantitative estimate of drug-likeness (QED) is 0.824. The van der Waals surface area contributed by atoms with Gasteiger partial charge in [-0.2, -0.15) is 0 Å². The molecule has 0 radical (unpaired) electrons. The summed E-state index contributed by atoms with van der Waals surface area (Å²) in [4.78, 5) is 30.7. The van der Waals surface area contributed by atoms with Crippen LogP contribution < -0.4 is 14.8 Å². The zero-order chi connectivity index (χ0) is 19.1. The van der Waals surface area contributed by atoms with Crippen molar-refractivity contribution in [1.82, 2.24) is 9.88 Å². The molecule has 26 heavy (non-hydrogen) atoms. The van der Waals surface area contributed by atoms with Gasteiger partial charge in [0.2, 0.25) is 0 Å². The molecule has 1 aromatic heterocycles. The Morgan fingerprint density at radius 3 is 2.35 bits per heavy atom. The van der Waals surface area contributed by atoms with E-state index in [9.17, 15) is 9.59 Å². The van der Waals surface area contributed by atoms with Crippen LogP contribution in [0.5, 0.6) is 11.5 Å². The first kappa shape index (κ1) is 19.2. The van der Waals surface area contributed by atoms with E-state index in [0.29, 0.717) is 35.8 Å². The molecule has 2 rings (SSSR count). The van der Waals surface area contributed by atoms with Gasteiger partial charge in [0, 0.05) is 31.5 Å². The summed E-state index contributed by atoms with van der Waals surface area (Å²) in [6.45, 7) is 4.99. The van der Waals surface area contributed by atoms with Crippen molar-refractivity contribution in [2.75, 3.05) is 32.6 Å². The van der Waals surface area contributed by atoms with Crippen LogP contribution in [-0.4, -0.2) is 49.0 Å². The number of ether oxygens (including phenoxy) is 2. The van der Waals surface area contributed by atoms with E-state index < -0.39 is 5.91 Å². The molecule has 2 aromatic rings. The fraction of sp³-hybridized carbons (Fsp3) is 0.316. The van der Waals surface area contributed by atoms with E-state index in [2.05, 4.69) is 10.3 Å². The largest absolute Gasteiger partial charge is 0.497 e. The molecule has 0 saturated carbocycles. The number of nitrogens with zero attached hydrogens (tertiary/aromatic N) is 2. The topological polar surface area (TPSA) is 80.8 Å². The van der Waals surface area contributed by atoms with Gasteiger partial charge < -0.3 is 19.7 Å². The Labute approximate surface area is 152 Å². The van der Waals surface area contributed by atoms with Gasteiger partial charge in [-0.25, -0.2) is 0 Å². The van der Waals surface area contributed by atoms with E-state index >= 15 is 0 Å². The molecule has 0 aliphatic carbocycles. The summed E-state index contributed by atoms with van der Waals surface area (Å²) in [5.74, 6) is 0.543. The van der Waals surface area contributed by atoms with Crippen LogP contribution in [0.15, 0.2) is 36.7 Å². The van der Waals surface area contributed by atoms with Crippen molar-refractivity contribution in [3.8, 4) is 11.5 Å². The molecular formula is C19H23N3O4. The molecule has 0 unspecified atom stereocenters. The lowest BCUT2D eigenvalue weighted by atomic mass is 10.1. The van der Waals surface area contributed by atoms with E-state index in [1.807, 2.05) is 13.8 Å². The molecule has 1 heterocycles. The Morgan fingerprint density at radius 1 is 1.04 bits per heavy atom. The number of rotatable bonds is 7. The first-order chi connectivity index (χ1) is 12.5. The van der Waals surface area contributed by atoms with Crippen molar-refractivity contribution in [3.63, 3.8) is 0 Å². The lowest BCUT2D eigenvalue weighted by Crippen LogP contribution is -2.30. The molecule has 1 aromatic carbocycles. The smallest absolute Gasteiger partial charge is 0.257 e. The second-order valence-corrected chi connectivity index (χ2v) is 5.46. The molecule has 7 nitrogen and oxygen atoms in total. The molecule has 0 aliphatic heterocycles. The zero-order valence-electron chi connectivity index (χ0n) is 15.4. The predicted octanol–water partition coefficient (Wildman–Crippen LogP) is 2.83. The standard InChI is InChI=1S/C19H23N3O4/c1-5-22(6-2)19(24)14-9-13(11-20-12-14)18(23)21-16-10-15(25-3)7-8-17(16)26-4/h7-12H,5-6H2,1-4H3,(H,21,23). The van der Waals surface area contributed by atoms with Gasteiger partial charge in [-0.1, -0.05) is 0 Å². The van der Waals surface area contributed by atoms with E-state index in [0.717, 1.165) is 0 Å². The van der Waals surface area contributed by atoms with Crippen LogP contribution in [0.25, 0.3) is 0 Å². The monoisotopic (exact) mass is 357 g/mol. The Balaban J connectivity index is 2.26. The first-order valence-corrected chi connectivity index (χ1v) is 8.31. The van der Waals surface area contributed by atoms with Crippen molar-refractivity contribution in [3.05, 3.63) is 47.8 Å². The number of methoxy groups -OCH3 is 2. The van der Waals surface area contributed by atoms with Gasteiger partial charge >= 0.3 is 0 Å².